The molecular formula is C18H22N3O. The van der Waals surface area contributed by atoms with Gasteiger partial charge in [-0.25, -0.2) is 9.97 Å². The van der Waals surface area contributed by atoms with E-state index in [1.165, 1.54) is 5.56 Å². The molecule has 4 heteroatoms. The molecule has 1 aromatic heterocycles. The van der Waals surface area contributed by atoms with Crippen LogP contribution >= 0.6 is 0 Å². The molecule has 1 fully saturated rings. The molecule has 1 heterocycles. The van der Waals surface area contributed by atoms with Crippen LogP contribution in [-0.2, 0) is 12.8 Å². The summed E-state index contributed by atoms with van der Waals surface area (Å²) in [6.07, 6.45) is 4.78. The number of nitrogens with one attached hydrogen (secondary N) is 1. The van der Waals surface area contributed by atoms with Crippen molar-refractivity contribution in [3.63, 3.8) is 0 Å². The Balaban J connectivity index is 1.58. The molecule has 1 radical (unpaired) electrons. The molecule has 0 aliphatic heterocycles. The average molecular weight is 296 g/mol. The average Bonchev–Trinajstić information content (AvgIpc) is 2.84. The monoisotopic (exact) mass is 296 g/mol. The number of aryl methyl sites for hydroxylation is 2. The van der Waals surface area contributed by atoms with Crippen molar-refractivity contribution < 1.29 is 5.11 Å². The summed E-state index contributed by atoms with van der Waals surface area (Å²) in [5.74, 6) is 0.946. The second-order valence-electron chi connectivity index (χ2n) is 6.02. The van der Waals surface area contributed by atoms with Crippen LogP contribution in [0.5, 0.6) is 0 Å². The molecule has 4 nitrogen and oxygen atoms in total. The molecule has 2 aromatic rings. The SMILES string of the molecule is [CH2][C@H]1C[C@@H](Nc2cc(CCc3ccccc3)ncn2)C[C@@H]1O. The van der Waals surface area contributed by atoms with Crippen LogP contribution in [0.2, 0.25) is 0 Å². The highest BCUT2D eigenvalue weighted by atomic mass is 16.3. The number of nitrogens with zero attached hydrogens (tertiary/aromatic N) is 2. The van der Waals surface area contributed by atoms with Gasteiger partial charge in [-0.2, -0.15) is 0 Å². The van der Waals surface area contributed by atoms with E-state index in [-0.39, 0.29) is 18.1 Å². The van der Waals surface area contributed by atoms with Crippen molar-refractivity contribution in [2.45, 2.75) is 37.8 Å². The zero-order valence-electron chi connectivity index (χ0n) is 12.7. The summed E-state index contributed by atoms with van der Waals surface area (Å²) < 4.78 is 0. The summed E-state index contributed by atoms with van der Waals surface area (Å²) in [5.41, 5.74) is 2.35. The van der Waals surface area contributed by atoms with Gasteiger partial charge in [-0.3, -0.25) is 0 Å². The van der Waals surface area contributed by atoms with Crippen LogP contribution in [-0.4, -0.2) is 27.2 Å². The summed E-state index contributed by atoms with van der Waals surface area (Å²) in [6.45, 7) is 3.97. The fourth-order valence-electron chi connectivity index (χ4n) is 2.96. The van der Waals surface area contributed by atoms with Crippen LogP contribution in [0, 0.1) is 12.8 Å². The smallest absolute Gasteiger partial charge is 0.129 e. The van der Waals surface area contributed by atoms with Crippen molar-refractivity contribution in [3.8, 4) is 0 Å². The number of aromatic nitrogens is 2. The third-order valence-electron chi connectivity index (χ3n) is 4.25. The fourth-order valence-corrected chi connectivity index (χ4v) is 2.96. The van der Waals surface area contributed by atoms with Gasteiger partial charge in [0.15, 0.2) is 0 Å². The standard InChI is InChI=1S/C18H22N3O/c1-13-9-16(10-17(13)22)21-18-11-15(19-12-20-18)8-7-14-5-3-2-4-6-14/h2-6,11-13,16-17,22H,1,7-10H2,(H,19,20,21)/t13-,16+,17-/m0/s1. The fraction of sp³-hybridized carbons (Fsp3) is 0.389. The van der Waals surface area contributed by atoms with E-state index < -0.39 is 0 Å². The zero-order chi connectivity index (χ0) is 15.4. The van der Waals surface area contributed by atoms with E-state index in [2.05, 4.69) is 46.5 Å². The maximum absolute atomic E-state index is 9.78. The Bertz CT molecular complexity index is 592. The molecule has 1 saturated carbocycles. The van der Waals surface area contributed by atoms with Crippen molar-refractivity contribution in [1.82, 2.24) is 9.97 Å². The van der Waals surface area contributed by atoms with E-state index in [9.17, 15) is 5.11 Å². The van der Waals surface area contributed by atoms with Gasteiger partial charge in [0.1, 0.15) is 12.1 Å². The first-order chi connectivity index (χ1) is 10.7. The molecule has 115 valence electrons. The Morgan fingerprint density at radius 3 is 2.68 bits per heavy atom. The molecule has 3 atom stereocenters. The van der Waals surface area contributed by atoms with Crippen molar-refractivity contribution in [1.29, 1.82) is 0 Å². The number of rotatable bonds is 5. The lowest BCUT2D eigenvalue weighted by Crippen LogP contribution is -2.17. The number of anilines is 1. The Labute approximate surface area is 131 Å². The van der Waals surface area contributed by atoms with Gasteiger partial charge in [0.25, 0.3) is 0 Å². The lowest BCUT2D eigenvalue weighted by atomic mass is 10.1. The Morgan fingerprint density at radius 2 is 1.95 bits per heavy atom. The minimum atomic E-state index is -0.308. The molecule has 2 N–H and O–H groups in total. The second kappa shape index (κ2) is 6.88. The Hall–Kier alpha value is -1.94. The summed E-state index contributed by atoms with van der Waals surface area (Å²) in [5, 5.41) is 13.2. The van der Waals surface area contributed by atoms with Gasteiger partial charge in [0, 0.05) is 17.8 Å². The number of aliphatic hydroxyl groups excluding tert-OH is 1. The molecule has 0 bridgehead atoms. The number of benzene rings is 1. The summed E-state index contributed by atoms with van der Waals surface area (Å²) >= 11 is 0. The van der Waals surface area contributed by atoms with Gasteiger partial charge in [-0.15, -0.1) is 0 Å². The number of hydrogen-bond donors (Lipinski definition) is 2. The van der Waals surface area contributed by atoms with E-state index in [4.69, 9.17) is 0 Å². The van der Waals surface area contributed by atoms with Gasteiger partial charge < -0.3 is 10.4 Å². The van der Waals surface area contributed by atoms with Gasteiger partial charge in [-0.05, 0) is 44.1 Å². The third-order valence-corrected chi connectivity index (χ3v) is 4.25. The van der Waals surface area contributed by atoms with Crippen LogP contribution in [0.1, 0.15) is 24.1 Å². The molecule has 0 spiro atoms. The normalized spacial score (nSPS) is 24.4. The molecule has 1 aliphatic rings. The summed E-state index contributed by atoms with van der Waals surface area (Å²) in [6, 6.07) is 12.7. The summed E-state index contributed by atoms with van der Waals surface area (Å²) in [7, 11) is 0. The van der Waals surface area contributed by atoms with Gasteiger partial charge >= 0.3 is 0 Å². The van der Waals surface area contributed by atoms with Gasteiger partial charge in [-0.1, -0.05) is 30.3 Å². The van der Waals surface area contributed by atoms with E-state index >= 15 is 0 Å². The van der Waals surface area contributed by atoms with Crippen molar-refractivity contribution in [3.05, 3.63) is 60.9 Å². The minimum Gasteiger partial charge on any atom is -0.393 e. The number of hydrogen-bond acceptors (Lipinski definition) is 4. The van der Waals surface area contributed by atoms with Crippen molar-refractivity contribution in [2.24, 2.45) is 5.92 Å². The lowest BCUT2D eigenvalue weighted by molar-refractivity contribution is 0.151. The van der Waals surface area contributed by atoms with Crippen LogP contribution in [0.4, 0.5) is 5.82 Å². The van der Waals surface area contributed by atoms with Crippen LogP contribution in [0.15, 0.2) is 42.7 Å². The first kappa shape index (κ1) is 15.0. The molecule has 3 rings (SSSR count). The summed E-state index contributed by atoms with van der Waals surface area (Å²) in [4.78, 5) is 8.63. The van der Waals surface area contributed by atoms with Crippen LogP contribution in [0.25, 0.3) is 0 Å². The van der Waals surface area contributed by atoms with E-state index in [1.807, 2.05) is 12.1 Å². The third kappa shape index (κ3) is 3.83. The molecule has 22 heavy (non-hydrogen) atoms. The van der Waals surface area contributed by atoms with E-state index in [1.54, 1.807) is 6.33 Å². The molecule has 1 aromatic carbocycles. The lowest BCUT2D eigenvalue weighted by Gasteiger charge is -2.13. The topological polar surface area (TPSA) is 58.0 Å². The highest BCUT2D eigenvalue weighted by Gasteiger charge is 2.29. The molecular weight excluding hydrogens is 274 g/mol. The second-order valence-corrected chi connectivity index (χ2v) is 6.02. The first-order valence-corrected chi connectivity index (χ1v) is 7.83. The highest BCUT2D eigenvalue weighted by molar-refractivity contribution is 5.36. The Morgan fingerprint density at radius 1 is 1.14 bits per heavy atom. The molecule has 0 amide bonds. The molecule has 0 saturated heterocycles. The number of aliphatic hydroxyl groups is 1. The largest absolute Gasteiger partial charge is 0.393 e. The molecule has 0 unspecified atom stereocenters. The minimum absolute atomic E-state index is 0.108. The predicted molar refractivity (Wildman–Crippen MR) is 87.4 cm³/mol. The van der Waals surface area contributed by atoms with Gasteiger partial charge in [0.2, 0.25) is 0 Å². The highest BCUT2D eigenvalue weighted by Crippen LogP contribution is 2.27. The van der Waals surface area contributed by atoms with E-state index in [0.29, 0.717) is 0 Å². The quantitative estimate of drug-likeness (QED) is 0.890. The van der Waals surface area contributed by atoms with Crippen molar-refractivity contribution >= 4 is 5.82 Å². The maximum atomic E-state index is 9.78. The first-order valence-electron chi connectivity index (χ1n) is 7.83. The van der Waals surface area contributed by atoms with E-state index in [0.717, 1.165) is 37.2 Å². The maximum Gasteiger partial charge on any atom is 0.129 e. The van der Waals surface area contributed by atoms with Crippen molar-refractivity contribution in [2.75, 3.05) is 5.32 Å². The van der Waals surface area contributed by atoms with Gasteiger partial charge in [0.05, 0.1) is 6.10 Å². The van der Waals surface area contributed by atoms with Crippen LogP contribution < -0.4 is 5.32 Å². The predicted octanol–water partition coefficient (Wildman–Crippen LogP) is 2.65. The zero-order valence-corrected chi connectivity index (χ0v) is 12.7. The molecule has 1 aliphatic carbocycles. The Kier molecular flexibility index (Phi) is 4.68. The van der Waals surface area contributed by atoms with Crippen LogP contribution in [0.3, 0.4) is 0 Å².